The third-order valence-corrected chi connectivity index (χ3v) is 5.30. The molecular weight excluding hydrogens is 304 g/mol. The number of furan rings is 1. The number of nitrogens with one attached hydrogen (secondary N) is 2. The van der Waals surface area contributed by atoms with Gasteiger partial charge < -0.3 is 9.73 Å². The van der Waals surface area contributed by atoms with Crippen LogP contribution in [0, 0.1) is 18.3 Å². The molecule has 0 fully saturated rings. The van der Waals surface area contributed by atoms with Gasteiger partial charge in [-0.3, -0.25) is 4.79 Å². The zero-order chi connectivity index (χ0) is 16.9. The zero-order valence-electron chi connectivity index (χ0n) is 14.5. The van der Waals surface area contributed by atoms with E-state index >= 15 is 0 Å². The molecule has 0 aliphatic heterocycles. The van der Waals surface area contributed by atoms with Crippen molar-refractivity contribution in [2.24, 2.45) is 11.3 Å². The van der Waals surface area contributed by atoms with E-state index in [0.717, 1.165) is 54.2 Å². The minimum absolute atomic E-state index is 0.0240. The number of aromatic nitrogens is 3. The summed E-state index contributed by atoms with van der Waals surface area (Å²) in [6.45, 7) is 6.43. The number of hydrogen-bond donors (Lipinski definition) is 2. The van der Waals surface area contributed by atoms with E-state index in [4.69, 9.17) is 4.42 Å². The molecule has 6 nitrogen and oxygen atoms in total. The number of amides is 1. The average Bonchev–Trinajstić information content (AvgIpc) is 3.10. The summed E-state index contributed by atoms with van der Waals surface area (Å²) in [5, 5.41) is 14.2. The average molecular weight is 328 g/mol. The van der Waals surface area contributed by atoms with Gasteiger partial charge in [-0.2, -0.15) is 15.4 Å². The van der Waals surface area contributed by atoms with Crippen LogP contribution in [0.2, 0.25) is 0 Å². The van der Waals surface area contributed by atoms with Crippen molar-refractivity contribution in [3.63, 3.8) is 0 Å². The molecule has 0 spiro atoms. The molecule has 4 rings (SSSR count). The number of carbonyl (C=O) groups excluding carboxylic acids is 1. The van der Waals surface area contributed by atoms with E-state index in [0.29, 0.717) is 6.42 Å². The second kappa shape index (κ2) is 5.46. The summed E-state index contributed by atoms with van der Waals surface area (Å²) in [6.07, 6.45) is 4.18. The van der Waals surface area contributed by atoms with Crippen molar-refractivity contribution in [3.05, 3.63) is 34.5 Å². The van der Waals surface area contributed by atoms with Gasteiger partial charge in [0.1, 0.15) is 11.5 Å². The third-order valence-electron chi connectivity index (χ3n) is 5.30. The number of aryl methyl sites for hydroxylation is 2. The molecule has 6 heteroatoms. The first-order valence-electron chi connectivity index (χ1n) is 8.69. The lowest BCUT2D eigenvalue weighted by Crippen LogP contribution is -2.40. The van der Waals surface area contributed by atoms with Crippen LogP contribution >= 0.6 is 0 Å². The normalized spacial score (nSPS) is 25.0. The molecule has 2 heterocycles. The SMILES string of the molecule is Cc1cc2c(o1)CC(C)(C)C[C@H]2NC(=O)[C@H]1CCc2n[nH]nc2C1. The first-order valence-corrected chi connectivity index (χ1v) is 8.69. The minimum atomic E-state index is -0.0240. The number of aromatic amines is 1. The second-order valence-corrected chi connectivity index (χ2v) is 8.00. The Kier molecular flexibility index (Phi) is 3.51. The van der Waals surface area contributed by atoms with Crippen LogP contribution in [0.4, 0.5) is 0 Å². The summed E-state index contributed by atoms with van der Waals surface area (Å²) in [4.78, 5) is 12.8. The number of H-pyrrole nitrogens is 1. The third kappa shape index (κ3) is 2.74. The standard InChI is InChI=1S/C18H24N4O2/c1-10-6-12-15(8-18(2,3)9-16(12)24-10)19-17(23)11-4-5-13-14(7-11)21-22-20-13/h6,11,15H,4-5,7-9H2,1-3H3,(H,19,23)(H,20,21,22)/t11-,15+/m0/s1. The lowest BCUT2D eigenvalue weighted by atomic mass is 9.74. The lowest BCUT2D eigenvalue weighted by molar-refractivity contribution is -0.126. The van der Waals surface area contributed by atoms with E-state index in [9.17, 15) is 4.79 Å². The molecule has 0 unspecified atom stereocenters. The Labute approximate surface area is 141 Å². The Morgan fingerprint density at radius 1 is 1.38 bits per heavy atom. The molecule has 2 aromatic rings. The van der Waals surface area contributed by atoms with E-state index in [1.54, 1.807) is 0 Å². The van der Waals surface area contributed by atoms with Crippen LogP contribution in [0.25, 0.3) is 0 Å². The molecule has 2 aliphatic carbocycles. The molecule has 0 radical (unpaired) electrons. The summed E-state index contributed by atoms with van der Waals surface area (Å²) in [5.41, 5.74) is 3.22. The number of rotatable bonds is 2. The topological polar surface area (TPSA) is 83.8 Å². The largest absolute Gasteiger partial charge is 0.466 e. The quantitative estimate of drug-likeness (QED) is 0.887. The lowest BCUT2D eigenvalue weighted by Gasteiger charge is -2.35. The monoisotopic (exact) mass is 328 g/mol. The van der Waals surface area contributed by atoms with Crippen molar-refractivity contribution in [3.8, 4) is 0 Å². The van der Waals surface area contributed by atoms with Gasteiger partial charge in [-0.25, -0.2) is 0 Å². The molecule has 0 saturated carbocycles. The molecule has 2 atom stereocenters. The van der Waals surface area contributed by atoms with Gasteiger partial charge in [-0.1, -0.05) is 13.8 Å². The highest BCUT2D eigenvalue weighted by Gasteiger charge is 2.37. The van der Waals surface area contributed by atoms with Gasteiger partial charge in [0.25, 0.3) is 0 Å². The minimum Gasteiger partial charge on any atom is -0.466 e. The summed E-state index contributed by atoms with van der Waals surface area (Å²) < 4.78 is 5.86. The van der Waals surface area contributed by atoms with Crippen molar-refractivity contribution >= 4 is 5.91 Å². The zero-order valence-corrected chi connectivity index (χ0v) is 14.5. The Morgan fingerprint density at radius 2 is 2.17 bits per heavy atom. The maximum atomic E-state index is 12.8. The fraction of sp³-hybridized carbons (Fsp3) is 0.611. The highest BCUT2D eigenvalue weighted by Crippen LogP contribution is 2.42. The van der Waals surface area contributed by atoms with Crippen molar-refractivity contribution in [1.29, 1.82) is 0 Å². The smallest absolute Gasteiger partial charge is 0.224 e. The van der Waals surface area contributed by atoms with E-state index in [1.807, 2.05) is 6.92 Å². The second-order valence-electron chi connectivity index (χ2n) is 8.00. The van der Waals surface area contributed by atoms with Gasteiger partial charge in [0.05, 0.1) is 17.4 Å². The predicted octanol–water partition coefficient (Wildman–Crippen LogP) is 2.64. The first kappa shape index (κ1) is 15.4. The molecule has 2 N–H and O–H groups in total. The molecule has 2 aromatic heterocycles. The number of nitrogens with zero attached hydrogens (tertiary/aromatic N) is 2. The summed E-state index contributed by atoms with van der Waals surface area (Å²) in [6, 6.07) is 2.11. The number of fused-ring (bicyclic) bond motifs is 2. The van der Waals surface area contributed by atoms with Crippen LogP contribution in [-0.4, -0.2) is 21.3 Å². The predicted molar refractivity (Wildman–Crippen MR) is 88.3 cm³/mol. The maximum Gasteiger partial charge on any atom is 0.224 e. The van der Waals surface area contributed by atoms with Crippen molar-refractivity contribution in [2.45, 2.75) is 58.9 Å². The van der Waals surface area contributed by atoms with Crippen LogP contribution in [0.5, 0.6) is 0 Å². The van der Waals surface area contributed by atoms with Crippen molar-refractivity contribution in [1.82, 2.24) is 20.7 Å². The molecule has 2 aliphatic rings. The van der Waals surface area contributed by atoms with E-state index in [2.05, 4.69) is 40.6 Å². The van der Waals surface area contributed by atoms with Crippen molar-refractivity contribution in [2.75, 3.05) is 0 Å². The van der Waals surface area contributed by atoms with Gasteiger partial charge in [0.2, 0.25) is 5.91 Å². The molecule has 0 saturated heterocycles. The van der Waals surface area contributed by atoms with E-state index < -0.39 is 0 Å². The Hall–Kier alpha value is -2.11. The van der Waals surface area contributed by atoms with Gasteiger partial charge >= 0.3 is 0 Å². The molecule has 0 aromatic carbocycles. The highest BCUT2D eigenvalue weighted by molar-refractivity contribution is 5.79. The summed E-state index contributed by atoms with van der Waals surface area (Å²) in [5.74, 6) is 2.04. The van der Waals surface area contributed by atoms with Gasteiger partial charge in [-0.05, 0) is 37.7 Å². The Morgan fingerprint density at radius 3 is 3.00 bits per heavy atom. The maximum absolute atomic E-state index is 12.8. The van der Waals surface area contributed by atoms with Gasteiger partial charge in [-0.15, -0.1) is 0 Å². The van der Waals surface area contributed by atoms with Crippen LogP contribution in [0.15, 0.2) is 10.5 Å². The fourth-order valence-electron chi connectivity index (χ4n) is 4.11. The highest BCUT2D eigenvalue weighted by atomic mass is 16.3. The van der Waals surface area contributed by atoms with Crippen LogP contribution < -0.4 is 5.32 Å². The molecule has 128 valence electrons. The first-order chi connectivity index (χ1) is 11.4. The summed E-state index contributed by atoms with van der Waals surface area (Å²) in [7, 11) is 0. The van der Waals surface area contributed by atoms with Crippen LogP contribution in [-0.2, 0) is 24.1 Å². The summed E-state index contributed by atoms with van der Waals surface area (Å²) >= 11 is 0. The Balaban J connectivity index is 1.51. The van der Waals surface area contributed by atoms with E-state index in [1.165, 1.54) is 0 Å². The van der Waals surface area contributed by atoms with Crippen molar-refractivity contribution < 1.29 is 9.21 Å². The van der Waals surface area contributed by atoms with E-state index in [-0.39, 0.29) is 23.3 Å². The Bertz CT molecular complexity index is 774. The van der Waals surface area contributed by atoms with Crippen LogP contribution in [0.3, 0.4) is 0 Å². The van der Waals surface area contributed by atoms with Crippen LogP contribution in [0.1, 0.15) is 61.2 Å². The molecule has 1 amide bonds. The molecular formula is C18H24N4O2. The number of hydrogen-bond acceptors (Lipinski definition) is 4. The fourth-order valence-corrected chi connectivity index (χ4v) is 4.11. The van der Waals surface area contributed by atoms with Gasteiger partial charge in [0.15, 0.2) is 0 Å². The number of carbonyl (C=O) groups is 1. The molecule has 0 bridgehead atoms. The molecule has 24 heavy (non-hydrogen) atoms. The van der Waals surface area contributed by atoms with Gasteiger partial charge in [0, 0.05) is 24.3 Å².